The number of aromatic nitrogens is 4. The molecule has 648 valence electrons. The zero-order chi connectivity index (χ0) is 88.5. The van der Waals surface area contributed by atoms with E-state index >= 15 is 0 Å². The number of aryl methyl sites for hydroxylation is 4. The Morgan fingerprint density at radius 2 is 1.06 bits per heavy atom. The summed E-state index contributed by atoms with van der Waals surface area (Å²) in [6.45, 7) is 11.3. The normalized spacial score (nSPS) is 20.9. The topological polar surface area (TPSA) is 394 Å². The molecule has 3 aliphatic heterocycles. The average molecular weight is 1780 g/mol. The van der Waals surface area contributed by atoms with Crippen molar-refractivity contribution in [2.24, 2.45) is 30.7 Å². The second kappa shape index (κ2) is 43.5. The number of nitrogens with one attached hydrogen (secondary N) is 2. The third-order valence-electron chi connectivity index (χ3n) is 22.4. The van der Waals surface area contributed by atoms with Crippen LogP contribution in [0.2, 0.25) is 19.6 Å². The molecule has 123 heavy (non-hydrogen) atoms. The molecule has 29 nitrogen and oxygen atoms in total. The van der Waals surface area contributed by atoms with E-state index in [0.717, 1.165) is 162 Å². The van der Waals surface area contributed by atoms with E-state index < -0.39 is 19.5 Å². The Balaban J connectivity index is 0.000000151. The van der Waals surface area contributed by atoms with Gasteiger partial charge in [0.05, 0.1) is 79.8 Å². The Morgan fingerprint density at radius 3 is 1.55 bits per heavy atom. The number of benzene rings is 6. The van der Waals surface area contributed by atoms with E-state index in [-0.39, 0.29) is 28.6 Å². The van der Waals surface area contributed by atoms with Crippen molar-refractivity contribution >= 4 is 88.0 Å². The van der Waals surface area contributed by atoms with Gasteiger partial charge in [-0.1, -0.05) is 70.5 Å². The van der Waals surface area contributed by atoms with Crippen LogP contribution in [0, 0.1) is 11.3 Å². The minimum atomic E-state index is -1.75. The number of amidine groups is 3. The number of amides is 2. The van der Waals surface area contributed by atoms with Crippen molar-refractivity contribution in [1.82, 2.24) is 30.6 Å². The van der Waals surface area contributed by atoms with E-state index in [9.17, 15) is 24.8 Å². The van der Waals surface area contributed by atoms with Crippen LogP contribution in [0.25, 0.3) is 11.1 Å². The zero-order valence-corrected chi connectivity index (χ0v) is 75.0. The van der Waals surface area contributed by atoms with Crippen LogP contribution in [0.5, 0.6) is 40.2 Å². The number of hydrogen-bond donors (Lipinski definition) is 7. The number of nitrogens with two attached hydrogens (primary N) is 2. The Morgan fingerprint density at radius 1 is 0.602 bits per heavy atom. The molecule has 0 saturated carbocycles. The van der Waals surface area contributed by atoms with E-state index in [0.29, 0.717) is 89.2 Å². The van der Waals surface area contributed by atoms with Gasteiger partial charge in [-0.2, -0.15) is 5.26 Å². The van der Waals surface area contributed by atoms with Gasteiger partial charge in [0.1, 0.15) is 87.6 Å². The van der Waals surface area contributed by atoms with Crippen molar-refractivity contribution in [3.63, 3.8) is 0 Å². The van der Waals surface area contributed by atoms with Crippen LogP contribution >= 0.6 is 28.7 Å². The molecule has 8 aromatic rings. The molecular weight excluding hydrogens is 1670 g/mol. The summed E-state index contributed by atoms with van der Waals surface area (Å²) >= 11 is 6.80. The minimum absolute atomic E-state index is 0.158. The number of rotatable bonds is 12. The first kappa shape index (κ1) is 94.5. The molecule has 9 aliphatic rings. The molecule has 6 aromatic carbocycles. The maximum absolute atomic E-state index is 11.2. The number of nitrogens with zero attached hydrogens (tertiary/aromatic N) is 9. The first-order valence-electron chi connectivity index (χ1n) is 40.4. The first-order chi connectivity index (χ1) is 59.1. The number of halogens is 1. The zero-order valence-electron chi connectivity index (χ0n) is 71.5. The predicted octanol–water partition coefficient (Wildman–Crippen LogP) is 10.9. The molecule has 0 bridgehead atoms. The van der Waals surface area contributed by atoms with E-state index in [4.69, 9.17) is 63.5 Å². The first-order valence-corrected chi connectivity index (χ1v) is 45.0. The Labute approximate surface area is 735 Å². The molecule has 5 heterocycles. The van der Waals surface area contributed by atoms with Crippen LogP contribution in [0.1, 0.15) is 119 Å². The number of methoxy groups -OCH3 is 6. The Kier molecular flexibility index (Phi) is 33.4. The van der Waals surface area contributed by atoms with E-state index in [1.54, 1.807) is 49.0 Å². The fourth-order valence-electron chi connectivity index (χ4n) is 16.6. The van der Waals surface area contributed by atoms with Crippen LogP contribution in [0.4, 0.5) is 0 Å². The number of carbonyl (C=O) groups excluding carboxylic acids is 3. The van der Waals surface area contributed by atoms with Crippen LogP contribution < -0.4 is 55.2 Å². The number of carbonyl (C=O) groups is 3. The number of ether oxygens (including phenoxy) is 9. The van der Waals surface area contributed by atoms with Gasteiger partial charge in [-0.05, 0) is 172 Å². The average Bonchev–Trinajstić information content (AvgIpc) is 1.74. The van der Waals surface area contributed by atoms with Crippen LogP contribution in [-0.4, -0.2) is 186 Å². The molecular formula is C89H108B2BrN13O16SSi. The van der Waals surface area contributed by atoms with E-state index in [1.165, 1.54) is 77.1 Å². The summed E-state index contributed by atoms with van der Waals surface area (Å²) in [5, 5.41) is 33.1. The summed E-state index contributed by atoms with van der Waals surface area (Å²) in [5.41, 5.74) is 25.7. The summed E-state index contributed by atoms with van der Waals surface area (Å²) in [5.74, 6) is 5.66. The quantitative estimate of drug-likeness (QED) is 0.0441. The SMILES string of the molecule is COc1ccc(-c2cncnc2)c2c1CC1(CC2)COC(N)=N1.COc1ccc(Br)c2c1CC1(CC2)CN=C(NC(C)=O)O1.COc1cccc2c1CC(=O)CC2.COc1cccc2c1CC(C#N)(O[Si](C)(C)C)CC2.COc1cccc2c1CC(O)(CN)CC2.COc1cccc2c1CC1(CC2)CN=C(NC(C)=O)O1.O[B]Oc1cncnc1.[B]=NS. The number of thiol groups is 1. The van der Waals surface area contributed by atoms with Gasteiger partial charge >= 0.3 is 32.4 Å². The summed E-state index contributed by atoms with van der Waals surface area (Å²) < 4.78 is 64.2. The van der Waals surface area contributed by atoms with Crippen molar-refractivity contribution < 1.29 is 76.2 Å². The number of aliphatic imine (C=N–C) groups is 3. The number of aliphatic hydroxyl groups is 1. The monoisotopic (exact) mass is 1780 g/mol. The van der Waals surface area contributed by atoms with Crippen molar-refractivity contribution in [1.29, 1.82) is 5.26 Å². The fourth-order valence-corrected chi connectivity index (χ4v) is 18.6. The van der Waals surface area contributed by atoms with Crippen molar-refractivity contribution in [2.45, 2.75) is 177 Å². The number of hydrogen-bond acceptors (Lipinski definition) is 28. The second-order valence-corrected chi connectivity index (χ2v) is 37.4. The van der Waals surface area contributed by atoms with Crippen molar-refractivity contribution in [2.75, 3.05) is 68.9 Å². The van der Waals surface area contributed by atoms with E-state index in [1.807, 2.05) is 79.1 Å². The van der Waals surface area contributed by atoms with Crippen molar-refractivity contribution in [3.8, 4) is 57.4 Å². The summed E-state index contributed by atoms with van der Waals surface area (Å²) in [6.07, 6.45) is 23.8. The number of ketones is 1. The molecule has 3 spiro atoms. The van der Waals surface area contributed by atoms with Gasteiger partial charge in [0.25, 0.3) is 18.1 Å². The van der Waals surface area contributed by atoms with Crippen LogP contribution in [-0.2, 0) is 110 Å². The van der Waals surface area contributed by atoms with Gasteiger partial charge in [0, 0.05) is 121 Å². The molecule has 34 heteroatoms. The van der Waals surface area contributed by atoms with E-state index in [2.05, 4.69) is 147 Å². The third-order valence-corrected chi connectivity index (χ3v) is 24.1. The van der Waals surface area contributed by atoms with Gasteiger partial charge in [-0.25, -0.2) is 34.9 Å². The van der Waals surface area contributed by atoms with Gasteiger partial charge in [0.2, 0.25) is 11.8 Å². The summed E-state index contributed by atoms with van der Waals surface area (Å²) in [7, 11) is 13.2. The molecule has 5 atom stereocenters. The van der Waals surface area contributed by atoms with Crippen LogP contribution in [0.3, 0.4) is 0 Å². The summed E-state index contributed by atoms with van der Waals surface area (Å²) in [4.78, 5) is 62.1. The molecule has 5 unspecified atom stereocenters. The van der Waals surface area contributed by atoms with Crippen LogP contribution in [0.15, 0.2) is 158 Å². The summed E-state index contributed by atoms with van der Waals surface area (Å²) in [6, 6.07) is 35.7. The molecule has 2 radical (unpaired) electrons. The Hall–Kier alpha value is -10.8. The Bertz CT molecular complexity index is 5120. The van der Waals surface area contributed by atoms with Gasteiger partial charge in [0.15, 0.2) is 8.32 Å². The molecule has 0 saturated heterocycles. The fraction of sp³-hybridized carbons (Fsp3) is 0.427. The molecule has 2 aromatic heterocycles. The molecule has 8 N–H and O–H groups in total. The predicted molar refractivity (Wildman–Crippen MR) is 479 cm³/mol. The standard InChI is InChI=1S/C17H18N4O2.C15H17BrN2O3.C15H18N2O3.C15H21NO2Si.C12H17NO2.C11H12O2.C4H4BN2O2.BHNS/c1-22-15-3-2-12(11-7-19-10-20-8-11)13-4-5-17(6-14(13)15)9-23-16(18)21-17;1-9(19)18-14-17-8-15(21-14)6-5-10-11(7-15)13(20-2)4-3-12(10)16;1-10(18)17-14-16-9-15(20-14)7-6-11-4-3-5-13(19-2)12(11)8-15;1-17-14-7-5-6-12-8-9-15(11-16,10-13(12)14)18-19(2,3)4;1-15-11-4-2-3-9-5-6-12(14,8-13)7-10(9)11;1-13-11-4-2-3-8-5-6-9(12)7-10(8)11;8-5-9-4-1-6-3-7-2-4;1-2-3/h2-3,7-8,10H,4-6,9H2,1H3,(H2,18,21);3-4H,5-8H2,1-2H3,(H,17,18,19);3-5H,6-9H2,1-2H3,(H,16,17,18);5-7H,8-10H2,1-4H3;2-4,14H,5-8,13H2,1H3;2-4H,5-7H2,1H3;1-3,8H;3H. The number of nitriles is 1. The molecule has 17 rings (SSSR count). The van der Waals surface area contributed by atoms with Gasteiger partial charge < -0.3 is 73.3 Å². The molecule has 2 amide bonds. The molecule has 6 aliphatic carbocycles. The third kappa shape index (κ3) is 24.8. The second-order valence-electron chi connectivity index (χ2n) is 31.9. The molecule has 0 fully saturated rings. The maximum atomic E-state index is 11.2. The number of Topliss-reactive ketones (excluding diaryl/α,β-unsaturated/α-hetero) is 1. The van der Waals surface area contributed by atoms with Gasteiger partial charge in [-0.15, -0.1) is 0 Å². The number of fused-ring (bicyclic) bond motifs is 6. The van der Waals surface area contributed by atoms with Crippen molar-refractivity contribution in [3.05, 3.63) is 206 Å². The van der Waals surface area contributed by atoms with Gasteiger partial charge in [-0.3, -0.25) is 25.0 Å².